The van der Waals surface area contributed by atoms with E-state index in [0.29, 0.717) is 41.0 Å². The molecule has 0 amide bonds. The summed E-state index contributed by atoms with van der Waals surface area (Å²) >= 11 is 0. The Balaban J connectivity index is 1.50. The molecule has 0 spiro atoms. The lowest BCUT2D eigenvalue weighted by atomic mass is 9.85. The highest BCUT2D eigenvalue weighted by atomic mass is 32.2. The zero-order valence-corrected chi connectivity index (χ0v) is 22.1. The highest BCUT2D eigenvalue weighted by Gasteiger charge is 2.43. The number of rotatable bonds is 7. The van der Waals surface area contributed by atoms with Gasteiger partial charge in [0, 0.05) is 37.7 Å². The van der Waals surface area contributed by atoms with Crippen molar-refractivity contribution in [3.63, 3.8) is 0 Å². The molecule has 11 heteroatoms. The number of methoxy groups -OCH3 is 1. The Morgan fingerprint density at radius 1 is 1.27 bits per heavy atom. The predicted molar refractivity (Wildman–Crippen MR) is 140 cm³/mol. The molecule has 0 bridgehead atoms. The van der Waals surface area contributed by atoms with Crippen molar-refractivity contribution in [3.05, 3.63) is 46.4 Å². The van der Waals surface area contributed by atoms with Crippen LogP contribution in [0.25, 0.3) is 10.9 Å². The quantitative estimate of drug-likeness (QED) is 0.476. The molecule has 1 aliphatic heterocycles. The summed E-state index contributed by atoms with van der Waals surface area (Å²) in [7, 11) is -2.04. The Labute approximate surface area is 216 Å². The van der Waals surface area contributed by atoms with Crippen LogP contribution >= 0.6 is 0 Å². The molecule has 1 aromatic carbocycles. The first-order valence-corrected chi connectivity index (χ1v) is 14.0. The van der Waals surface area contributed by atoms with E-state index in [2.05, 4.69) is 16.4 Å². The highest BCUT2D eigenvalue weighted by Crippen LogP contribution is 2.40. The second-order valence-corrected chi connectivity index (χ2v) is 12.3. The van der Waals surface area contributed by atoms with Crippen molar-refractivity contribution in [1.29, 1.82) is 5.26 Å². The predicted octanol–water partition coefficient (Wildman–Crippen LogP) is 4.04. The van der Waals surface area contributed by atoms with Crippen LogP contribution in [0.5, 0.6) is 0 Å². The van der Waals surface area contributed by atoms with Gasteiger partial charge in [0.1, 0.15) is 5.39 Å². The Morgan fingerprint density at radius 3 is 2.81 bits per heavy atom. The fourth-order valence-electron chi connectivity index (χ4n) is 5.54. The molecule has 0 radical (unpaired) electrons. The van der Waals surface area contributed by atoms with E-state index >= 15 is 0 Å². The summed E-state index contributed by atoms with van der Waals surface area (Å²) in [5.41, 5.74) is 1.12. The number of fused-ring (bicyclic) bond motifs is 2. The molecule has 1 aliphatic carbocycles. The first-order chi connectivity index (χ1) is 17.7. The summed E-state index contributed by atoms with van der Waals surface area (Å²) in [6, 6.07) is 9.24. The normalized spacial score (nSPS) is 21.6. The molecular weight excluding hydrogens is 492 g/mol. The van der Waals surface area contributed by atoms with Crippen molar-refractivity contribution in [3.8, 4) is 6.07 Å². The average Bonchev–Trinajstić information content (AvgIpc) is 3.38. The third-order valence-corrected chi connectivity index (χ3v) is 9.80. The monoisotopic (exact) mass is 524 g/mol. The Morgan fingerprint density at radius 2 is 2.05 bits per heavy atom. The van der Waals surface area contributed by atoms with E-state index in [1.54, 1.807) is 31.5 Å². The number of nitrogens with zero attached hydrogens (tertiary/aromatic N) is 4. The van der Waals surface area contributed by atoms with E-state index < -0.39 is 15.6 Å². The van der Waals surface area contributed by atoms with Gasteiger partial charge in [-0.25, -0.2) is 8.42 Å². The van der Waals surface area contributed by atoms with Crippen LogP contribution in [0.15, 0.2) is 40.2 Å². The maximum atomic E-state index is 13.3. The van der Waals surface area contributed by atoms with Crippen LogP contribution in [-0.2, 0) is 21.3 Å². The first-order valence-electron chi connectivity index (χ1n) is 12.6. The van der Waals surface area contributed by atoms with Crippen LogP contribution in [0.4, 0.5) is 11.5 Å². The summed E-state index contributed by atoms with van der Waals surface area (Å²) in [4.78, 5) is 15.9. The van der Waals surface area contributed by atoms with E-state index in [1.165, 1.54) is 4.31 Å². The van der Waals surface area contributed by atoms with Gasteiger partial charge in [-0.05, 0) is 62.9 Å². The largest absolute Gasteiger partial charge is 0.385 e. The van der Waals surface area contributed by atoms with Crippen LogP contribution < -0.4 is 10.9 Å². The van der Waals surface area contributed by atoms with E-state index in [-0.39, 0.29) is 29.0 Å². The molecule has 2 atom stereocenters. The number of H-pyrrole nitrogens is 1. The molecule has 2 aliphatic rings. The summed E-state index contributed by atoms with van der Waals surface area (Å²) in [5.74, 6) is 0.221. The van der Waals surface area contributed by atoms with Crippen molar-refractivity contribution in [2.45, 2.75) is 69.0 Å². The third kappa shape index (κ3) is 4.43. The van der Waals surface area contributed by atoms with Gasteiger partial charge in [0.15, 0.2) is 5.82 Å². The van der Waals surface area contributed by atoms with Crippen LogP contribution in [0, 0.1) is 17.2 Å². The fraction of sp³-hybridized carbons (Fsp3) is 0.500. The summed E-state index contributed by atoms with van der Waals surface area (Å²) in [6.07, 6.45) is 5.82. The Hall–Kier alpha value is -3.20. The maximum Gasteiger partial charge on any atom is 0.261 e. The molecule has 2 aromatic heterocycles. The Kier molecular flexibility index (Phi) is 6.60. The van der Waals surface area contributed by atoms with E-state index in [4.69, 9.17) is 9.84 Å². The number of aromatic amines is 1. The number of benzene rings is 1. The number of anilines is 2. The minimum Gasteiger partial charge on any atom is -0.385 e. The van der Waals surface area contributed by atoms with Crippen LogP contribution in [0.3, 0.4) is 0 Å². The molecule has 37 heavy (non-hydrogen) atoms. The number of hydrogen-bond acceptors (Lipinski definition) is 7. The highest BCUT2D eigenvalue weighted by molar-refractivity contribution is 7.89. The van der Waals surface area contributed by atoms with Crippen molar-refractivity contribution in [1.82, 2.24) is 19.1 Å². The average molecular weight is 525 g/mol. The van der Waals surface area contributed by atoms with Gasteiger partial charge in [0.05, 0.1) is 28.4 Å². The Bertz CT molecular complexity index is 1530. The van der Waals surface area contributed by atoms with Crippen molar-refractivity contribution in [2.24, 2.45) is 5.92 Å². The molecule has 3 heterocycles. The second kappa shape index (κ2) is 9.59. The number of ether oxygens (including phenoxy) is 1. The molecule has 1 fully saturated rings. The number of aromatic nitrogens is 3. The lowest BCUT2D eigenvalue weighted by Gasteiger charge is -2.33. The number of sulfonamides is 1. The lowest BCUT2D eigenvalue weighted by Crippen LogP contribution is -2.44. The molecule has 2 N–H and O–H groups in total. The second-order valence-electron chi connectivity index (χ2n) is 10.5. The molecule has 10 nitrogen and oxygen atoms in total. The summed E-state index contributed by atoms with van der Waals surface area (Å²) in [5, 5.41) is 18.2. The minimum absolute atomic E-state index is 0.105. The van der Waals surface area contributed by atoms with Gasteiger partial charge in [-0.2, -0.15) is 14.7 Å². The van der Waals surface area contributed by atoms with Crippen molar-refractivity contribution in [2.75, 3.05) is 19.0 Å². The van der Waals surface area contributed by atoms with Gasteiger partial charge >= 0.3 is 0 Å². The van der Waals surface area contributed by atoms with Crippen LogP contribution in [-0.4, -0.2) is 46.7 Å². The van der Waals surface area contributed by atoms with Gasteiger partial charge in [0.2, 0.25) is 10.0 Å². The molecular formula is C26H32N6O4S. The topological polar surface area (TPSA) is 133 Å². The van der Waals surface area contributed by atoms with Gasteiger partial charge in [-0.1, -0.05) is 12.8 Å². The SMILES string of the molecule is COCCC(C)(C)N1Cc2cc(Nc3nn(C4CCCCC4C#N)c4cc[nH]c(=O)c34)ccc2S1(=O)=O. The van der Waals surface area contributed by atoms with E-state index in [1.807, 2.05) is 24.6 Å². The van der Waals surface area contributed by atoms with Crippen molar-refractivity contribution < 1.29 is 13.2 Å². The smallest absolute Gasteiger partial charge is 0.261 e. The summed E-state index contributed by atoms with van der Waals surface area (Å²) in [6.45, 7) is 4.52. The fourth-order valence-corrected chi connectivity index (χ4v) is 7.52. The number of pyridine rings is 1. The zero-order chi connectivity index (χ0) is 26.4. The lowest BCUT2D eigenvalue weighted by molar-refractivity contribution is 0.130. The van der Waals surface area contributed by atoms with Gasteiger partial charge < -0.3 is 15.0 Å². The molecule has 0 saturated heterocycles. The van der Waals surface area contributed by atoms with E-state index in [0.717, 1.165) is 25.7 Å². The zero-order valence-electron chi connectivity index (χ0n) is 21.3. The van der Waals surface area contributed by atoms with Gasteiger partial charge in [-0.3, -0.25) is 9.48 Å². The molecule has 1 saturated carbocycles. The van der Waals surface area contributed by atoms with E-state index in [9.17, 15) is 18.5 Å². The van der Waals surface area contributed by atoms with Crippen LogP contribution in [0.1, 0.15) is 57.6 Å². The first kappa shape index (κ1) is 25.4. The van der Waals surface area contributed by atoms with Gasteiger partial charge in [-0.15, -0.1) is 0 Å². The standard InChI is InChI=1S/C26H32N6O4S/c1-26(2,11-13-36-3)31-16-18-14-19(8-9-22(18)37(31,34)35)29-24-23-21(10-12-28-25(23)33)32(30-24)20-7-5-4-6-17(20)15-27/h8-10,12,14,17,20H,4-7,11,13,16H2,1-3H3,(H,28,33)(H,29,30). The third-order valence-electron chi connectivity index (χ3n) is 7.64. The molecule has 2 unspecified atom stereocenters. The van der Waals surface area contributed by atoms with Gasteiger partial charge in [0.25, 0.3) is 5.56 Å². The van der Waals surface area contributed by atoms with Crippen LogP contribution in [0.2, 0.25) is 0 Å². The number of hydrogen-bond donors (Lipinski definition) is 2. The summed E-state index contributed by atoms with van der Waals surface area (Å²) < 4.78 is 35.1. The molecule has 196 valence electrons. The number of nitriles is 1. The van der Waals surface area contributed by atoms with Crippen molar-refractivity contribution >= 4 is 32.4 Å². The molecule has 5 rings (SSSR count). The molecule has 3 aromatic rings. The minimum atomic E-state index is -3.64. The number of nitrogens with one attached hydrogen (secondary N) is 2. The maximum absolute atomic E-state index is 13.3.